The molecular formula is C19H22N4O2. The largest absolute Gasteiger partial charge is 0.487 e. The minimum atomic E-state index is -0.231. The highest BCUT2D eigenvalue weighted by atomic mass is 16.5. The van der Waals surface area contributed by atoms with Gasteiger partial charge >= 0.3 is 6.03 Å². The number of hydrogen-bond donors (Lipinski definition) is 2. The minimum Gasteiger partial charge on any atom is -0.487 e. The van der Waals surface area contributed by atoms with E-state index in [1.54, 1.807) is 12.3 Å². The molecule has 1 aliphatic carbocycles. The van der Waals surface area contributed by atoms with Crippen molar-refractivity contribution in [1.29, 1.82) is 0 Å². The molecule has 1 aromatic carbocycles. The van der Waals surface area contributed by atoms with E-state index in [-0.39, 0.29) is 17.7 Å². The van der Waals surface area contributed by atoms with E-state index in [1.807, 2.05) is 31.2 Å². The summed E-state index contributed by atoms with van der Waals surface area (Å²) < 4.78 is 6.34. The number of anilines is 1. The van der Waals surface area contributed by atoms with Gasteiger partial charge in [-0.3, -0.25) is 0 Å². The Bertz CT molecular complexity index is 786. The molecule has 1 saturated carbocycles. The molecule has 2 aliphatic rings. The number of ether oxygens (including phenoxy) is 1. The number of rotatable bonds is 2. The fourth-order valence-electron chi connectivity index (χ4n) is 3.92. The number of carbonyl (C=O) groups is 1. The highest BCUT2D eigenvalue weighted by Gasteiger charge is 2.43. The van der Waals surface area contributed by atoms with Crippen LogP contribution < -0.4 is 15.4 Å². The molecule has 130 valence electrons. The fourth-order valence-corrected chi connectivity index (χ4v) is 3.92. The SMILES string of the molecule is Cc1nnccc1NC(=O)NC1CC2(CCCC2)Oc2ccccc21. The molecular weight excluding hydrogens is 316 g/mol. The first-order chi connectivity index (χ1) is 12.2. The lowest BCUT2D eigenvalue weighted by atomic mass is 9.86. The molecule has 2 heterocycles. The van der Waals surface area contributed by atoms with Crippen LogP contribution in [-0.2, 0) is 0 Å². The summed E-state index contributed by atoms with van der Waals surface area (Å²) in [6, 6.07) is 9.45. The van der Waals surface area contributed by atoms with Crippen molar-refractivity contribution >= 4 is 11.7 Å². The Balaban J connectivity index is 1.54. The van der Waals surface area contributed by atoms with Gasteiger partial charge in [-0.2, -0.15) is 10.2 Å². The molecule has 6 heteroatoms. The van der Waals surface area contributed by atoms with Crippen molar-refractivity contribution in [3.8, 4) is 5.75 Å². The molecule has 2 N–H and O–H groups in total. The van der Waals surface area contributed by atoms with E-state index in [0.717, 1.165) is 30.6 Å². The lowest BCUT2D eigenvalue weighted by Crippen LogP contribution is -2.44. The summed E-state index contributed by atoms with van der Waals surface area (Å²) in [6.45, 7) is 1.82. The number of carbonyl (C=O) groups excluding carboxylic acids is 1. The smallest absolute Gasteiger partial charge is 0.319 e. The second-order valence-electron chi connectivity index (χ2n) is 6.92. The molecule has 0 saturated heterocycles. The van der Waals surface area contributed by atoms with Gasteiger partial charge in [-0.05, 0) is 44.7 Å². The van der Waals surface area contributed by atoms with Crippen LogP contribution >= 0.6 is 0 Å². The number of aryl methyl sites for hydroxylation is 1. The first kappa shape index (κ1) is 15.9. The third-order valence-corrected chi connectivity index (χ3v) is 5.17. The van der Waals surface area contributed by atoms with Crippen LogP contribution in [0.25, 0.3) is 0 Å². The number of amides is 2. The molecule has 0 radical (unpaired) electrons. The third kappa shape index (κ3) is 3.16. The van der Waals surface area contributed by atoms with Gasteiger partial charge in [-0.1, -0.05) is 18.2 Å². The van der Waals surface area contributed by atoms with Gasteiger partial charge in [0.15, 0.2) is 0 Å². The van der Waals surface area contributed by atoms with Gasteiger partial charge in [-0.25, -0.2) is 4.79 Å². The van der Waals surface area contributed by atoms with Gasteiger partial charge in [0.2, 0.25) is 0 Å². The summed E-state index contributed by atoms with van der Waals surface area (Å²) in [4.78, 5) is 12.5. The standard InChI is InChI=1S/C19H22N4O2/c1-13-15(8-11-20-23-13)21-18(24)22-16-12-19(9-4-5-10-19)25-17-7-3-2-6-14(16)17/h2-3,6-8,11,16H,4-5,9-10,12H2,1H3,(H2,20,21,22,24). The third-order valence-electron chi connectivity index (χ3n) is 5.17. The highest BCUT2D eigenvalue weighted by molar-refractivity contribution is 5.90. The van der Waals surface area contributed by atoms with Gasteiger partial charge in [0, 0.05) is 12.0 Å². The Morgan fingerprint density at radius 3 is 2.84 bits per heavy atom. The van der Waals surface area contributed by atoms with Gasteiger partial charge in [0.1, 0.15) is 11.4 Å². The van der Waals surface area contributed by atoms with Crippen molar-refractivity contribution in [2.24, 2.45) is 0 Å². The average Bonchev–Trinajstić information content (AvgIpc) is 3.04. The molecule has 1 unspecified atom stereocenters. The Morgan fingerprint density at radius 1 is 1.24 bits per heavy atom. The molecule has 0 bridgehead atoms. The minimum absolute atomic E-state index is 0.0573. The summed E-state index contributed by atoms with van der Waals surface area (Å²) in [7, 11) is 0. The van der Waals surface area contributed by atoms with Crippen LogP contribution in [0.15, 0.2) is 36.5 Å². The monoisotopic (exact) mass is 338 g/mol. The van der Waals surface area contributed by atoms with E-state index in [9.17, 15) is 4.79 Å². The van der Waals surface area contributed by atoms with Crippen LogP contribution in [-0.4, -0.2) is 21.8 Å². The van der Waals surface area contributed by atoms with Crippen molar-refractivity contribution in [2.75, 3.05) is 5.32 Å². The molecule has 4 rings (SSSR count). The second kappa shape index (κ2) is 6.35. The number of nitrogens with one attached hydrogen (secondary N) is 2. The summed E-state index contributed by atoms with van der Waals surface area (Å²) >= 11 is 0. The number of urea groups is 1. The van der Waals surface area contributed by atoms with Crippen LogP contribution in [0.2, 0.25) is 0 Å². The number of benzene rings is 1. The normalized spacial score (nSPS) is 20.6. The van der Waals surface area contributed by atoms with Crippen LogP contribution in [0.5, 0.6) is 5.75 Å². The number of para-hydroxylation sites is 1. The van der Waals surface area contributed by atoms with Gasteiger partial charge < -0.3 is 15.4 Å². The molecule has 1 spiro atoms. The van der Waals surface area contributed by atoms with Crippen molar-refractivity contribution in [3.05, 3.63) is 47.8 Å². The molecule has 6 nitrogen and oxygen atoms in total. The topological polar surface area (TPSA) is 76.1 Å². The predicted molar refractivity (Wildman–Crippen MR) is 94.6 cm³/mol. The maximum atomic E-state index is 12.5. The van der Waals surface area contributed by atoms with E-state index >= 15 is 0 Å². The van der Waals surface area contributed by atoms with E-state index in [4.69, 9.17) is 4.74 Å². The van der Waals surface area contributed by atoms with E-state index in [1.165, 1.54) is 12.8 Å². The molecule has 1 fully saturated rings. The highest BCUT2D eigenvalue weighted by Crippen LogP contribution is 2.46. The van der Waals surface area contributed by atoms with Crippen LogP contribution in [0.3, 0.4) is 0 Å². The summed E-state index contributed by atoms with van der Waals surface area (Å²) in [5, 5.41) is 13.8. The Labute approximate surface area is 147 Å². The Kier molecular flexibility index (Phi) is 4.03. The average molecular weight is 338 g/mol. The van der Waals surface area contributed by atoms with E-state index in [2.05, 4.69) is 20.8 Å². The summed E-state index contributed by atoms with van der Waals surface area (Å²) in [6.07, 6.45) is 6.85. The maximum Gasteiger partial charge on any atom is 0.319 e. The number of fused-ring (bicyclic) bond motifs is 1. The number of hydrogen-bond acceptors (Lipinski definition) is 4. The van der Waals surface area contributed by atoms with Crippen LogP contribution in [0.4, 0.5) is 10.5 Å². The number of aromatic nitrogens is 2. The van der Waals surface area contributed by atoms with Gasteiger partial charge in [0.05, 0.1) is 23.6 Å². The second-order valence-corrected chi connectivity index (χ2v) is 6.92. The first-order valence-corrected chi connectivity index (χ1v) is 8.79. The zero-order valence-electron chi connectivity index (χ0n) is 14.3. The van der Waals surface area contributed by atoms with Crippen LogP contribution in [0.1, 0.15) is 49.4 Å². The zero-order chi connectivity index (χ0) is 17.3. The van der Waals surface area contributed by atoms with Gasteiger partial charge in [-0.15, -0.1) is 0 Å². The summed E-state index contributed by atoms with van der Waals surface area (Å²) in [5.41, 5.74) is 2.26. The van der Waals surface area contributed by atoms with E-state index in [0.29, 0.717) is 11.4 Å². The van der Waals surface area contributed by atoms with Crippen molar-refractivity contribution in [1.82, 2.24) is 15.5 Å². The van der Waals surface area contributed by atoms with Crippen molar-refractivity contribution in [2.45, 2.75) is 50.7 Å². The van der Waals surface area contributed by atoms with Crippen LogP contribution in [0, 0.1) is 6.92 Å². The Hall–Kier alpha value is -2.63. The molecule has 1 atom stereocenters. The molecule has 1 aromatic heterocycles. The molecule has 2 aromatic rings. The summed E-state index contributed by atoms with van der Waals surface area (Å²) in [5.74, 6) is 0.891. The van der Waals surface area contributed by atoms with Crippen molar-refractivity contribution in [3.63, 3.8) is 0 Å². The molecule has 1 aliphatic heterocycles. The first-order valence-electron chi connectivity index (χ1n) is 8.79. The lowest BCUT2D eigenvalue weighted by Gasteiger charge is -2.40. The van der Waals surface area contributed by atoms with Crippen molar-refractivity contribution < 1.29 is 9.53 Å². The fraction of sp³-hybridized carbons (Fsp3) is 0.421. The number of nitrogens with zero attached hydrogens (tertiary/aromatic N) is 2. The molecule has 2 amide bonds. The maximum absolute atomic E-state index is 12.5. The molecule has 25 heavy (non-hydrogen) atoms. The predicted octanol–water partition coefficient (Wildman–Crippen LogP) is 3.74. The lowest BCUT2D eigenvalue weighted by molar-refractivity contribution is 0.0388. The van der Waals surface area contributed by atoms with E-state index < -0.39 is 0 Å². The van der Waals surface area contributed by atoms with Gasteiger partial charge in [0.25, 0.3) is 0 Å². The Morgan fingerprint density at radius 2 is 2.04 bits per heavy atom. The quantitative estimate of drug-likeness (QED) is 0.874. The zero-order valence-corrected chi connectivity index (χ0v) is 14.3.